The van der Waals surface area contributed by atoms with Crippen LogP contribution in [0, 0.1) is 17.8 Å². The first-order chi connectivity index (χ1) is 20.9. The highest BCUT2D eigenvalue weighted by molar-refractivity contribution is 5.40. The molecule has 1 aromatic carbocycles. The summed E-state index contributed by atoms with van der Waals surface area (Å²) in [5.41, 5.74) is 1.47. The van der Waals surface area contributed by atoms with Gasteiger partial charge in [-0.25, -0.2) is 8.78 Å². The summed E-state index contributed by atoms with van der Waals surface area (Å²) in [5.74, 6) is -3.56. The van der Waals surface area contributed by atoms with Crippen LogP contribution in [-0.4, -0.2) is 24.8 Å². The molecule has 1 aromatic heterocycles. The van der Waals surface area contributed by atoms with E-state index in [4.69, 9.17) is 9.47 Å². The fourth-order valence-corrected chi connectivity index (χ4v) is 6.76. The van der Waals surface area contributed by atoms with Crippen molar-refractivity contribution in [3.63, 3.8) is 0 Å². The average Bonchev–Trinajstić information content (AvgIpc) is 3.83. The van der Waals surface area contributed by atoms with Crippen LogP contribution in [0.3, 0.4) is 0 Å². The topological polar surface area (TPSA) is 31.4 Å². The van der Waals surface area contributed by atoms with Crippen molar-refractivity contribution in [2.24, 2.45) is 11.8 Å². The number of aryl methyl sites for hydroxylation is 2. The van der Waals surface area contributed by atoms with Crippen LogP contribution in [0.5, 0.6) is 5.88 Å². The minimum absolute atomic E-state index is 0.123. The Balaban J connectivity index is 1.20. The fourth-order valence-electron chi connectivity index (χ4n) is 6.76. The van der Waals surface area contributed by atoms with E-state index >= 15 is 13.2 Å². The molecule has 0 amide bonds. The van der Waals surface area contributed by atoms with Gasteiger partial charge in [-0.2, -0.15) is 9.37 Å². The zero-order valence-electron chi connectivity index (χ0n) is 26.7. The maximum absolute atomic E-state index is 15.7. The standard InChI is InChI=1S/C37H54F3NO2/c1-3-5-6-11-24-42-25-12-7-9-14-28-16-18-31(19-17-28)33-23-22-32-27-34(41-36(38)35(32)37(33,39)40)43-26-13-8-10-15-29(4-2)30-20-21-30/h16-19,27,29-30,33H,3-15,20-26H2,1-2H3. The van der Waals surface area contributed by atoms with Gasteiger partial charge in [0.25, 0.3) is 5.92 Å². The lowest BCUT2D eigenvalue weighted by atomic mass is 9.77. The molecule has 240 valence electrons. The second kappa shape index (κ2) is 17.4. The largest absolute Gasteiger partial charge is 0.478 e. The van der Waals surface area contributed by atoms with E-state index in [0.29, 0.717) is 24.2 Å². The Hall–Kier alpha value is -2.08. The number of hydrogen-bond acceptors (Lipinski definition) is 3. The minimum Gasteiger partial charge on any atom is -0.478 e. The Morgan fingerprint density at radius 2 is 1.56 bits per heavy atom. The third kappa shape index (κ3) is 10.2. The van der Waals surface area contributed by atoms with Gasteiger partial charge in [-0.05, 0) is 86.3 Å². The zero-order valence-corrected chi connectivity index (χ0v) is 26.7. The van der Waals surface area contributed by atoms with E-state index in [1.165, 1.54) is 57.4 Å². The number of ether oxygens (including phenoxy) is 2. The van der Waals surface area contributed by atoms with Crippen LogP contribution in [0.15, 0.2) is 30.3 Å². The van der Waals surface area contributed by atoms with Crippen molar-refractivity contribution in [3.8, 4) is 5.88 Å². The maximum Gasteiger partial charge on any atom is 0.284 e. The number of alkyl halides is 2. The summed E-state index contributed by atoms with van der Waals surface area (Å²) < 4.78 is 57.9. The number of hydrogen-bond donors (Lipinski definition) is 0. The van der Waals surface area contributed by atoms with Crippen LogP contribution in [-0.2, 0) is 23.5 Å². The zero-order chi connectivity index (χ0) is 30.5. The number of halogens is 3. The molecule has 0 radical (unpaired) electrons. The Morgan fingerprint density at radius 1 is 0.860 bits per heavy atom. The summed E-state index contributed by atoms with van der Waals surface area (Å²) in [6, 6.07) is 9.03. The van der Waals surface area contributed by atoms with Crippen molar-refractivity contribution < 1.29 is 22.6 Å². The SMILES string of the molecule is CCCCCCOCCCCCc1ccc(C2CCc3cc(OCCCCCC(CC)C4CC4)nc(F)c3C2(F)F)cc1. The second-order valence-corrected chi connectivity index (χ2v) is 12.9. The smallest absolute Gasteiger partial charge is 0.284 e. The first-order valence-corrected chi connectivity index (χ1v) is 17.3. The van der Waals surface area contributed by atoms with Gasteiger partial charge >= 0.3 is 0 Å². The molecule has 1 fully saturated rings. The lowest BCUT2D eigenvalue weighted by Crippen LogP contribution is -2.32. The third-order valence-electron chi connectivity index (χ3n) is 9.57. The monoisotopic (exact) mass is 601 g/mol. The van der Waals surface area contributed by atoms with Gasteiger partial charge in [-0.3, -0.25) is 0 Å². The lowest BCUT2D eigenvalue weighted by Gasteiger charge is -2.33. The molecule has 0 saturated heterocycles. The summed E-state index contributed by atoms with van der Waals surface area (Å²) >= 11 is 0. The molecule has 1 saturated carbocycles. The first-order valence-electron chi connectivity index (χ1n) is 17.3. The number of aromatic nitrogens is 1. The molecule has 2 aliphatic rings. The number of rotatable bonds is 21. The molecule has 3 nitrogen and oxygen atoms in total. The summed E-state index contributed by atoms with van der Waals surface area (Å²) in [5, 5.41) is 0. The highest BCUT2D eigenvalue weighted by Crippen LogP contribution is 2.50. The first kappa shape index (κ1) is 33.8. The molecule has 43 heavy (non-hydrogen) atoms. The summed E-state index contributed by atoms with van der Waals surface area (Å²) in [6.07, 6.45) is 18.0. The van der Waals surface area contributed by atoms with Crippen LogP contribution in [0.2, 0.25) is 0 Å². The lowest BCUT2D eigenvalue weighted by molar-refractivity contribution is -0.0475. The highest BCUT2D eigenvalue weighted by atomic mass is 19.3. The van der Waals surface area contributed by atoms with E-state index in [1.807, 2.05) is 12.1 Å². The Labute approximate surface area is 258 Å². The average molecular weight is 602 g/mol. The molecular formula is C37H54F3NO2. The van der Waals surface area contributed by atoms with E-state index < -0.39 is 23.4 Å². The van der Waals surface area contributed by atoms with Crippen LogP contribution >= 0.6 is 0 Å². The van der Waals surface area contributed by atoms with E-state index in [0.717, 1.165) is 75.6 Å². The van der Waals surface area contributed by atoms with Crippen LogP contribution in [0.1, 0.15) is 138 Å². The Morgan fingerprint density at radius 3 is 2.26 bits per heavy atom. The molecule has 2 unspecified atom stereocenters. The van der Waals surface area contributed by atoms with Crippen LogP contribution in [0.4, 0.5) is 13.2 Å². The number of pyridine rings is 1. The number of fused-ring (bicyclic) bond motifs is 1. The Kier molecular flexibility index (Phi) is 13.7. The van der Waals surface area contributed by atoms with E-state index in [2.05, 4.69) is 18.8 Å². The molecule has 2 aliphatic carbocycles. The van der Waals surface area contributed by atoms with Crippen LogP contribution < -0.4 is 4.74 Å². The van der Waals surface area contributed by atoms with Gasteiger partial charge in [0, 0.05) is 19.3 Å². The van der Waals surface area contributed by atoms with Gasteiger partial charge in [0.1, 0.15) is 0 Å². The van der Waals surface area contributed by atoms with Crippen molar-refractivity contribution in [2.45, 2.75) is 135 Å². The van der Waals surface area contributed by atoms with Gasteiger partial charge in [-0.15, -0.1) is 0 Å². The molecule has 0 bridgehead atoms. The van der Waals surface area contributed by atoms with Crippen molar-refractivity contribution in [1.29, 1.82) is 0 Å². The summed E-state index contributed by atoms with van der Waals surface area (Å²) in [4.78, 5) is 3.81. The number of benzene rings is 1. The third-order valence-corrected chi connectivity index (χ3v) is 9.57. The summed E-state index contributed by atoms with van der Waals surface area (Å²) in [7, 11) is 0. The fraction of sp³-hybridized carbons (Fsp3) is 0.703. The van der Waals surface area contributed by atoms with Gasteiger partial charge in [0.2, 0.25) is 11.8 Å². The van der Waals surface area contributed by atoms with Gasteiger partial charge in [-0.1, -0.05) is 89.5 Å². The highest BCUT2D eigenvalue weighted by Gasteiger charge is 2.49. The molecular weight excluding hydrogens is 547 g/mol. The molecule has 2 atom stereocenters. The molecule has 0 aliphatic heterocycles. The van der Waals surface area contributed by atoms with Crippen LogP contribution in [0.25, 0.3) is 0 Å². The van der Waals surface area contributed by atoms with Crippen molar-refractivity contribution in [2.75, 3.05) is 19.8 Å². The maximum atomic E-state index is 15.7. The number of unbranched alkanes of at least 4 members (excludes halogenated alkanes) is 7. The summed E-state index contributed by atoms with van der Waals surface area (Å²) in [6.45, 7) is 6.58. The van der Waals surface area contributed by atoms with Gasteiger partial charge in [0.15, 0.2) is 0 Å². The predicted octanol–water partition coefficient (Wildman–Crippen LogP) is 10.7. The van der Waals surface area contributed by atoms with Crippen molar-refractivity contribution in [3.05, 3.63) is 58.5 Å². The molecule has 2 aromatic rings. The molecule has 4 rings (SSSR count). The van der Waals surface area contributed by atoms with E-state index in [1.54, 1.807) is 12.1 Å². The number of nitrogens with zero attached hydrogens (tertiary/aromatic N) is 1. The molecule has 0 spiro atoms. The molecule has 6 heteroatoms. The molecule has 1 heterocycles. The van der Waals surface area contributed by atoms with E-state index in [-0.39, 0.29) is 12.3 Å². The van der Waals surface area contributed by atoms with Gasteiger partial charge in [0.05, 0.1) is 18.1 Å². The second-order valence-electron chi connectivity index (χ2n) is 12.9. The minimum atomic E-state index is -3.32. The van der Waals surface area contributed by atoms with E-state index in [9.17, 15) is 0 Å². The quantitative estimate of drug-likeness (QED) is 0.105. The molecule has 0 N–H and O–H groups in total. The normalized spacial score (nSPS) is 18.4. The Bertz CT molecular complexity index is 1090. The van der Waals surface area contributed by atoms with Crippen molar-refractivity contribution >= 4 is 0 Å². The van der Waals surface area contributed by atoms with Gasteiger partial charge < -0.3 is 9.47 Å². The van der Waals surface area contributed by atoms with Crippen molar-refractivity contribution in [1.82, 2.24) is 4.98 Å². The predicted molar refractivity (Wildman–Crippen MR) is 169 cm³/mol.